The van der Waals surface area contributed by atoms with Gasteiger partial charge in [0, 0.05) is 44.0 Å². The third kappa shape index (κ3) is 4.20. The summed E-state index contributed by atoms with van der Waals surface area (Å²) in [5, 5.41) is 6.83. The van der Waals surface area contributed by atoms with Gasteiger partial charge >= 0.3 is 0 Å². The molecule has 2 aromatic rings. The van der Waals surface area contributed by atoms with Crippen LogP contribution < -0.4 is 5.32 Å². The molecule has 2 aromatic heterocycles. The van der Waals surface area contributed by atoms with Gasteiger partial charge in [-0.3, -0.25) is 14.7 Å². The summed E-state index contributed by atoms with van der Waals surface area (Å²) in [7, 11) is 0. The van der Waals surface area contributed by atoms with Gasteiger partial charge in [0.2, 0.25) is 0 Å². The van der Waals surface area contributed by atoms with Gasteiger partial charge < -0.3 is 9.84 Å². The molecule has 0 spiro atoms. The van der Waals surface area contributed by atoms with Crippen molar-refractivity contribution in [3.63, 3.8) is 0 Å². The van der Waals surface area contributed by atoms with Crippen molar-refractivity contribution in [1.29, 1.82) is 0 Å². The minimum Gasteiger partial charge on any atom is -0.360 e. The zero-order valence-corrected chi connectivity index (χ0v) is 14.2. The maximum absolute atomic E-state index is 12.2. The van der Waals surface area contributed by atoms with E-state index in [0.717, 1.165) is 31.8 Å². The van der Waals surface area contributed by atoms with Gasteiger partial charge in [-0.1, -0.05) is 25.1 Å². The lowest BCUT2D eigenvalue weighted by atomic mass is 10.1. The van der Waals surface area contributed by atoms with Crippen LogP contribution in [0.4, 0.5) is 0 Å². The Morgan fingerprint density at radius 1 is 1.50 bits per heavy atom. The summed E-state index contributed by atoms with van der Waals surface area (Å²) >= 11 is 0. The van der Waals surface area contributed by atoms with Crippen molar-refractivity contribution in [3.05, 3.63) is 47.6 Å². The van der Waals surface area contributed by atoms with Gasteiger partial charge in [0.1, 0.15) is 5.76 Å². The summed E-state index contributed by atoms with van der Waals surface area (Å²) in [6.45, 7) is 7.66. The summed E-state index contributed by atoms with van der Waals surface area (Å²) in [5.74, 6) is 1.29. The van der Waals surface area contributed by atoms with Crippen molar-refractivity contribution >= 4 is 5.91 Å². The fourth-order valence-corrected chi connectivity index (χ4v) is 2.97. The number of carbonyl (C=O) groups is 1. The highest BCUT2D eigenvalue weighted by Gasteiger charge is 2.23. The Morgan fingerprint density at radius 2 is 2.38 bits per heavy atom. The molecule has 0 unspecified atom stereocenters. The Bertz CT molecular complexity index is 669. The van der Waals surface area contributed by atoms with E-state index >= 15 is 0 Å². The summed E-state index contributed by atoms with van der Waals surface area (Å²) in [5.41, 5.74) is 1.59. The molecule has 1 aliphatic heterocycles. The Kier molecular flexibility index (Phi) is 5.25. The van der Waals surface area contributed by atoms with Crippen LogP contribution in [0, 0.1) is 5.92 Å². The number of likely N-dealkylation sites (tertiary alicyclic amines) is 1. The van der Waals surface area contributed by atoms with E-state index in [-0.39, 0.29) is 11.8 Å². The average molecular weight is 328 g/mol. The molecule has 1 aliphatic rings. The van der Waals surface area contributed by atoms with E-state index in [0.29, 0.717) is 18.2 Å². The minimum absolute atomic E-state index is 0.156. The number of pyridine rings is 1. The van der Waals surface area contributed by atoms with Crippen molar-refractivity contribution in [2.24, 2.45) is 5.92 Å². The van der Waals surface area contributed by atoms with Crippen molar-refractivity contribution in [2.75, 3.05) is 19.6 Å². The molecule has 3 rings (SSSR count). The highest BCUT2D eigenvalue weighted by atomic mass is 16.5. The van der Waals surface area contributed by atoms with Crippen LogP contribution in [0.25, 0.3) is 0 Å². The van der Waals surface area contributed by atoms with Crippen LogP contribution in [-0.2, 0) is 6.54 Å². The first-order chi connectivity index (χ1) is 11.6. The second kappa shape index (κ2) is 7.57. The molecule has 0 aliphatic carbocycles. The van der Waals surface area contributed by atoms with E-state index in [4.69, 9.17) is 4.52 Å². The van der Waals surface area contributed by atoms with E-state index in [1.54, 1.807) is 12.3 Å². The second-order valence-corrected chi connectivity index (χ2v) is 6.73. The number of rotatable bonds is 6. The fraction of sp³-hybridized carbons (Fsp3) is 0.500. The number of nitrogens with one attached hydrogen (secondary N) is 1. The lowest BCUT2D eigenvalue weighted by molar-refractivity contribution is 0.0938. The SMILES string of the molecule is CC(C)c1cc(C(=O)NC[C@@H]2CCN(Cc3cccnc3)C2)no1. The number of hydrogen-bond acceptors (Lipinski definition) is 5. The fourth-order valence-electron chi connectivity index (χ4n) is 2.97. The Hall–Kier alpha value is -2.21. The van der Waals surface area contributed by atoms with Gasteiger partial charge in [-0.25, -0.2) is 0 Å². The van der Waals surface area contributed by atoms with Crippen LogP contribution in [0.2, 0.25) is 0 Å². The first-order valence-corrected chi connectivity index (χ1v) is 8.48. The van der Waals surface area contributed by atoms with E-state index in [9.17, 15) is 4.79 Å². The standard InChI is InChI=1S/C18H24N4O2/c1-13(2)17-8-16(21-24-17)18(23)20-10-15-5-7-22(12-15)11-14-4-3-6-19-9-14/h3-4,6,8-9,13,15H,5,7,10-12H2,1-2H3,(H,20,23)/t15-/m0/s1. The molecule has 1 N–H and O–H groups in total. The number of amides is 1. The molecule has 6 heteroatoms. The molecule has 0 saturated carbocycles. The van der Waals surface area contributed by atoms with E-state index in [1.807, 2.05) is 26.1 Å². The van der Waals surface area contributed by atoms with Crippen molar-refractivity contribution in [2.45, 2.75) is 32.7 Å². The number of carbonyl (C=O) groups excluding carboxylic acids is 1. The maximum atomic E-state index is 12.2. The van der Waals surface area contributed by atoms with Crippen molar-refractivity contribution < 1.29 is 9.32 Å². The van der Waals surface area contributed by atoms with Crippen LogP contribution in [-0.4, -0.2) is 40.6 Å². The quantitative estimate of drug-likeness (QED) is 0.882. The molecule has 6 nitrogen and oxygen atoms in total. The van der Waals surface area contributed by atoms with Crippen LogP contribution >= 0.6 is 0 Å². The maximum Gasteiger partial charge on any atom is 0.273 e. The van der Waals surface area contributed by atoms with Crippen molar-refractivity contribution in [1.82, 2.24) is 20.4 Å². The zero-order chi connectivity index (χ0) is 16.9. The Morgan fingerprint density at radius 3 is 3.08 bits per heavy atom. The Balaban J connectivity index is 1.44. The lowest BCUT2D eigenvalue weighted by Crippen LogP contribution is -2.31. The molecule has 24 heavy (non-hydrogen) atoms. The molecule has 1 atom stereocenters. The van der Waals surface area contributed by atoms with E-state index in [1.165, 1.54) is 5.56 Å². The van der Waals surface area contributed by atoms with Crippen LogP contribution in [0.15, 0.2) is 35.1 Å². The summed E-state index contributed by atoms with van der Waals surface area (Å²) in [4.78, 5) is 18.7. The highest BCUT2D eigenvalue weighted by Crippen LogP contribution is 2.18. The number of aromatic nitrogens is 2. The topological polar surface area (TPSA) is 71.3 Å². The van der Waals surface area contributed by atoms with Crippen LogP contribution in [0.1, 0.15) is 48.0 Å². The van der Waals surface area contributed by atoms with Gasteiger partial charge in [-0.2, -0.15) is 0 Å². The van der Waals surface area contributed by atoms with Gasteiger partial charge in [-0.05, 0) is 30.5 Å². The van der Waals surface area contributed by atoms with Gasteiger partial charge in [0.15, 0.2) is 5.69 Å². The van der Waals surface area contributed by atoms with Crippen LogP contribution in [0.3, 0.4) is 0 Å². The first kappa shape index (κ1) is 16.6. The molecule has 128 valence electrons. The Labute approximate surface area is 142 Å². The third-order valence-corrected chi connectivity index (χ3v) is 4.38. The number of nitrogens with zero attached hydrogens (tertiary/aromatic N) is 3. The molecular weight excluding hydrogens is 304 g/mol. The second-order valence-electron chi connectivity index (χ2n) is 6.73. The molecule has 1 fully saturated rings. The smallest absolute Gasteiger partial charge is 0.273 e. The third-order valence-electron chi connectivity index (χ3n) is 4.38. The van der Waals surface area contributed by atoms with E-state index in [2.05, 4.69) is 26.4 Å². The molecule has 0 aromatic carbocycles. The van der Waals surface area contributed by atoms with Crippen LogP contribution in [0.5, 0.6) is 0 Å². The van der Waals surface area contributed by atoms with Gasteiger partial charge in [0.25, 0.3) is 5.91 Å². The average Bonchev–Trinajstić information content (AvgIpc) is 3.23. The lowest BCUT2D eigenvalue weighted by Gasteiger charge is -2.16. The monoisotopic (exact) mass is 328 g/mol. The molecule has 3 heterocycles. The highest BCUT2D eigenvalue weighted by molar-refractivity contribution is 5.92. The molecule has 1 amide bonds. The summed E-state index contributed by atoms with van der Waals surface area (Å²) < 4.78 is 5.18. The van der Waals surface area contributed by atoms with Crippen molar-refractivity contribution in [3.8, 4) is 0 Å². The minimum atomic E-state index is -0.156. The first-order valence-electron chi connectivity index (χ1n) is 8.48. The normalized spacial score (nSPS) is 18.2. The van der Waals surface area contributed by atoms with Gasteiger partial charge in [0.05, 0.1) is 0 Å². The number of hydrogen-bond donors (Lipinski definition) is 1. The van der Waals surface area contributed by atoms with Gasteiger partial charge in [-0.15, -0.1) is 0 Å². The summed E-state index contributed by atoms with van der Waals surface area (Å²) in [6.07, 6.45) is 4.79. The zero-order valence-electron chi connectivity index (χ0n) is 14.2. The van der Waals surface area contributed by atoms with E-state index < -0.39 is 0 Å². The molecule has 1 saturated heterocycles. The predicted octanol–water partition coefficient (Wildman–Crippen LogP) is 2.44. The predicted molar refractivity (Wildman–Crippen MR) is 90.5 cm³/mol. The molecule has 0 bridgehead atoms. The largest absolute Gasteiger partial charge is 0.360 e. The molecular formula is C18H24N4O2. The summed E-state index contributed by atoms with van der Waals surface area (Å²) in [6, 6.07) is 5.79. The molecule has 0 radical (unpaired) electrons.